The van der Waals surface area contributed by atoms with Crippen molar-refractivity contribution in [1.29, 1.82) is 0 Å². The van der Waals surface area contributed by atoms with Crippen molar-refractivity contribution in [1.82, 2.24) is 0 Å². The molecule has 0 unspecified atom stereocenters. The summed E-state index contributed by atoms with van der Waals surface area (Å²) in [5, 5.41) is 1.55. The van der Waals surface area contributed by atoms with Gasteiger partial charge in [-0.1, -0.05) is 146 Å². The molecular weight excluding hydrogens is 617 g/mol. The lowest BCUT2D eigenvalue weighted by Gasteiger charge is -2.37. The van der Waals surface area contributed by atoms with E-state index in [1.54, 1.807) is 12.1 Å². The SMILES string of the molecule is CC(=O)CCCC[Si](CCCCCCOc1cc(C)c2c(c1)CC[C@@](C)(CCC[C@H](C)CCC[C@H](C)CCCC(C)C)O2)c1ccccc1. The van der Waals surface area contributed by atoms with Gasteiger partial charge in [0.1, 0.15) is 22.9 Å². The van der Waals surface area contributed by atoms with E-state index in [-0.39, 0.29) is 5.60 Å². The molecule has 2 aromatic rings. The van der Waals surface area contributed by atoms with Crippen LogP contribution in [0.4, 0.5) is 0 Å². The maximum Gasteiger partial charge on any atom is 0.129 e. The van der Waals surface area contributed by atoms with Crippen molar-refractivity contribution in [2.45, 2.75) is 182 Å². The summed E-state index contributed by atoms with van der Waals surface area (Å²) in [5.74, 6) is 4.97. The minimum absolute atomic E-state index is 0.0546. The molecule has 3 rings (SSSR count). The average Bonchev–Trinajstić information content (AvgIpc) is 3.05. The van der Waals surface area contributed by atoms with Crippen LogP contribution in [-0.4, -0.2) is 26.8 Å². The van der Waals surface area contributed by atoms with Crippen LogP contribution in [0, 0.1) is 24.7 Å². The van der Waals surface area contributed by atoms with Gasteiger partial charge in [-0.15, -0.1) is 0 Å². The van der Waals surface area contributed by atoms with Gasteiger partial charge in [0, 0.05) is 6.42 Å². The average molecular weight is 690 g/mol. The first-order valence-electron chi connectivity index (χ1n) is 20.4. The summed E-state index contributed by atoms with van der Waals surface area (Å²) in [6, 6.07) is 18.2. The summed E-state index contributed by atoms with van der Waals surface area (Å²) in [4.78, 5) is 11.4. The van der Waals surface area contributed by atoms with E-state index < -0.39 is 8.80 Å². The standard InChI is InChI=1S/C45H73O3Si/c1-36(2)20-17-21-37(3)22-18-23-38(4)24-19-29-45(7)30-28-41-35-42(34-39(5)44(41)48-45)47-31-14-8-9-15-32-49(33-16-13-25-40(6)46)43-26-11-10-12-27-43/h10-12,26-27,34-38H,8-9,13-25,28-33H2,1-7H3/t37-,38-,45-/m1/s1. The number of benzene rings is 2. The Morgan fingerprint density at radius 3 is 2.12 bits per heavy atom. The van der Waals surface area contributed by atoms with Gasteiger partial charge in [-0.05, 0) is 100 Å². The number of ether oxygens (including phenoxy) is 2. The molecule has 2 aromatic carbocycles. The van der Waals surface area contributed by atoms with E-state index in [0.717, 1.165) is 74.4 Å². The predicted molar refractivity (Wildman–Crippen MR) is 213 cm³/mol. The Labute approximate surface area is 304 Å². The largest absolute Gasteiger partial charge is 0.494 e. The molecule has 3 nitrogen and oxygen atoms in total. The molecule has 0 fully saturated rings. The van der Waals surface area contributed by atoms with Crippen LogP contribution in [0.3, 0.4) is 0 Å². The summed E-state index contributed by atoms with van der Waals surface area (Å²) < 4.78 is 13.0. The molecule has 0 saturated heterocycles. The lowest BCUT2D eigenvalue weighted by atomic mass is 9.85. The fourth-order valence-corrected chi connectivity index (χ4v) is 10.5. The van der Waals surface area contributed by atoms with Gasteiger partial charge in [0.2, 0.25) is 0 Å². The van der Waals surface area contributed by atoms with Crippen molar-refractivity contribution in [2.75, 3.05) is 6.61 Å². The highest BCUT2D eigenvalue weighted by Crippen LogP contribution is 2.40. The maximum absolute atomic E-state index is 11.4. The van der Waals surface area contributed by atoms with Gasteiger partial charge in [0.25, 0.3) is 0 Å². The third-order valence-electron chi connectivity index (χ3n) is 11.0. The maximum atomic E-state index is 11.4. The summed E-state index contributed by atoms with van der Waals surface area (Å²) >= 11 is 0. The van der Waals surface area contributed by atoms with Crippen LogP contribution in [0.2, 0.25) is 12.1 Å². The highest BCUT2D eigenvalue weighted by molar-refractivity contribution is 6.73. The molecule has 1 heterocycles. The molecule has 1 radical (unpaired) electrons. The van der Waals surface area contributed by atoms with E-state index in [9.17, 15) is 4.79 Å². The smallest absolute Gasteiger partial charge is 0.129 e. The molecule has 0 aliphatic carbocycles. The van der Waals surface area contributed by atoms with Crippen molar-refractivity contribution in [2.24, 2.45) is 17.8 Å². The number of aryl methyl sites for hydroxylation is 2. The van der Waals surface area contributed by atoms with Gasteiger partial charge in [-0.25, -0.2) is 0 Å². The summed E-state index contributed by atoms with van der Waals surface area (Å²) in [7, 11) is -0.551. The zero-order chi connectivity index (χ0) is 35.5. The second-order valence-electron chi connectivity index (χ2n) is 16.5. The van der Waals surface area contributed by atoms with Crippen molar-refractivity contribution >= 4 is 19.8 Å². The fraction of sp³-hybridized carbons (Fsp3) is 0.711. The van der Waals surface area contributed by atoms with Gasteiger partial charge in [0.05, 0.1) is 15.4 Å². The number of carbonyl (C=O) groups excluding carboxylic acids is 1. The number of rotatable bonds is 26. The topological polar surface area (TPSA) is 35.5 Å². The zero-order valence-corrected chi connectivity index (χ0v) is 33.8. The van der Waals surface area contributed by atoms with E-state index in [1.807, 2.05) is 0 Å². The predicted octanol–water partition coefficient (Wildman–Crippen LogP) is 12.6. The highest BCUT2D eigenvalue weighted by atomic mass is 28.3. The molecule has 1 aliphatic rings. The molecule has 0 N–H and O–H groups in total. The minimum atomic E-state index is -0.551. The molecule has 0 aromatic heterocycles. The van der Waals surface area contributed by atoms with E-state index in [1.165, 1.54) is 100 Å². The molecule has 49 heavy (non-hydrogen) atoms. The zero-order valence-electron chi connectivity index (χ0n) is 32.8. The molecule has 0 spiro atoms. The molecule has 0 amide bonds. The fourth-order valence-electron chi connectivity index (χ4n) is 7.69. The van der Waals surface area contributed by atoms with E-state index in [2.05, 4.69) is 84.0 Å². The lowest BCUT2D eigenvalue weighted by molar-refractivity contribution is -0.117. The molecule has 1 aliphatic heterocycles. The van der Waals surface area contributed by atoms with Crippen LogP contribution < -0.4 is 14.7 Å². The van der Waals surface area contributed by atoms with Crippen molar-refractivity contribution < 1.29 is 14.3 Å². The van der Waals surface area contributed by atoms with Crippen molar-refractivity contribution in [3.8, 4) is 11.5 Å². The molecule has 0 bridgehead atoms. The Kier molecular flexibility index (Phi) is 19.1. The van der Waals surface area contributed by atoms with Gasteiger partial charge < -0.3 is 14.3 Å². The third kappa shape index (κ3) is 16.7. The lowest BCUT2D eigenvalue weighted by Crippen LogP contribution is -2.36. The monoisotopic (exact) mass is 690 g/mol. The van der Waals surface area contributed by atoms with Crippen molar-refractivity contribution in [3.05, 3.63) is 53.6 Å². The second kappa shape index (κ2) is 22.7. The Balaban J connectivity index is 1.32. The van der Waals surface area contributed by atoms with E-state index >= 15 is 0 Å². The van der Waals surface area contributed by atoms with Crippen LogP contribution in [0.5, 0.6) is 11.5 Å². The number of fused-ring (bicyclic) bond motifs is 1. The van der Waals surface area contributed by atoms with Crippen LogP contribution in [-0.2, 0) is 11.2 Å². The number of hydrogen-bond acceptors (Lipinski definition) is 3. The van der Waals surface area contributed by atoms with Crippen LogP contribution >= 0.6 is 0 Å². The van der Waals surface area contributed by atoms with Crippen molar-refractivity contribution in [3.63, 3.8) is 0 Å². The Morgan fingerprint density at radius 2 is 1.45 bits per heavy atom. The van der Waals surface area contributed by atoms with Crippen LogP contribution in [0.25, 0.3) is 0 Å². The quantitative estimate of drug-likeness (QED) is 0.0728. The van der Waals surface area contributed by atoms with Gasteiger partial charge in [-0.3, -0.25) is 0 Å². The van der Waals surface area contributed by atoms with E-state index in [4.69, 9.17) is 9.47 Å². The molecule has 0 saturated carbocycles. The molecule has 3 atom stereocenters. The van der Waals surface area contributed by atoms with Crippen LogP contribution in [0.1, 0.15) is 162 Å². The normalized spacial score (nSPS) is 17.2. The third-order valence-corrected chi connectivity index (χ3v) is 14.0. The first kappa shape index (κ1) is 41.3. The number of ketones is 1. The van der Waals surface area contributed by atoms with Gasteiger partial charge in [-0.2, -0.15) is 0 Å². The highest BCUT2D eigenvalue weighted by Gasteiger charge is 2.32. The number of unbranched alkanes of at least 4 members (excludes halogenated alkanes) is 4. The first-order chi connectivity index (χ1) is 23.5. The summed E-state index contributed by atoms with van der Waals surface area (Å²) in [6.45, 7) is 16.6. The Morgan fingerprint density at radius 1 is 0.816 bits per heavy atom. The molecular formula is C45H73O3Si. The number of Topliss-reactive ketones (excluding diaryl/α,β-unsaturated/α-hetero) is 1. The first-order valence-corrected chi connectivity index (χ1v) is 22.3. The molecule has 275 valence electrons. The summed E-state index contributed by atoms with van der Waals surface area (Å²) in [5.41, 5.74) is 2.48. The van der Waals surface area contributed by atoms with Crippen LogP contribution in [0.15, 0.2) is 42.5 Å². The van der Waals surface area contributed by atoms with Gasteiger partial charge in [0.15, 0.2) is 0 Å². The number of carbonyl (C=O) groups is 1. The summed E-state index contributed by atoms with van der Waals surface area (Å²) in [6.07, 6.45) is 22.1. The van der Waals surface area contributed by atoms with Gasteiger partial charge >= 0.3 is 0 Å². The Bertz CT molecular complexity index is 1190. The number of hydrogen-bond donors (Lipinski definition) is 0. The van der Waals surface area contributed by atoms with E-state index in [0.29, 0.717) is 5.78 Å². The minimum Gasteiger partial charge on any atom is -0.494 e. The Hall–Kier alpha value is -2.07. The second-order valence-corrected chi connectivity index (χ2v) is 19.3. The molecule has 4 heteroatoms.